The van der Waals surface area contributed by atoms with Crippen LogP contribution in [0.3, 0.4) is 0 Å². The molecular weight excluding hydrogens is 220 g/mol. The second-order valence-electron chi connectivity index (χ2n) is 6.79. The minimum atomic E-state index is 0.670. The Labute approximate surface area is 114 Å². The van der Waals surface area contributed by atoms with Gasteiger partial charge in [-0.15, -0.1) is 0 Å². The van der Waals surface area contributed by atoms with E-state index in [-0.39, 0.29) is 0 Å². The molecule has 0 aromatic rings. The van der Waals surface area contributed by atoms with Gasteiger partial charge in [-0.05, 0) is 56.7 Å². The number of hydrogen-bond acceptors (Lipinski definition) is 2. The molecule has 0 saturated carbocycles. The van der Waals surface area contributed by atoms with E-state index >= 15 is 0 Å². The van der Waals surface area contributed by atoms with E-state index in [0.29, 0.717) is 5.41 Å². The number of hydrogen-bond donors (Lipinski definition) is 1. The first kappa shape index (κ1) is 14.3. The average molecular weight is 252 g/mol. The lowest BCUT2D eigenvalue weighted by Gasteiger charge is -2.42. The first-order valence-electron chi connectivity index (χ1n) is 8.13. The zero-order chi connectivity index (χ0) is 13.0. The van der Waals surface area contributed by atoms with Crippen LogP contribution in [0.5, 0.6) is 0 Å². The minimum absolute atomic E-state index is 0.670. The van der Waals surface area contributed by atoms with Crippen LogP contribution in [-0.2, 0) is 0 Å². The summed E-state index contributed by atoms with van der Waals surface area (Å²) >= 11 is 0. The molecule has 2 heterocycles. The van der Waals surface area contributed by atoms with Gasteiger partial charge < -0.3 is 10.2 Å². The van der Waals surface area contributed by atoms with Gasteiger partial charge in [0, 0.05) is 12.6 Å². The van der Waals surface area contributed by atoms with Crippen LogP contribution in [0.25, 0.3) is 0 Å². The topological polar surface area (TPSA) is 15.3 Å². The molecular formula is C16H32N2. The third-order valence-electron chi connectivity index (χ3n) is 5.65. The van der Waals surface area contributed by atoms with E-state index in [1.165, 1.54) is 64.7 Å². The summed E-state index contributed by atoms with van der Waals surface area (Å²) in [5, 5.41) is 3.70. The lowest BCUT2D eigenvalue weighted by Crippen LogP contribution is -2.49. The van der Waals surface area contributed by atoms with Gasteiger partial charge in [0.05, 0.1) is 0 Å². The van der Waals surface area contributed by atoms with Crippen LogP contribution in [0.2, 0.25) is 0 Å². The van der Waals surface area contributed by atoms with E-state index in [9.17, 15) is 0 Å². The van der Waals surface area contributed by atoms with Crippen molar-refractivity contribution in [2.75, 3.05) is 26.2 Å². The van der Waals surface area contributed by atoms with Crippen molar-refractivity contribution in [2.45, 2.75) is 65.3 Å². The van der Waals surface area contributed by atoms with Gasteiger partial charge in [-0.3, -0.25) is 0 Å². The predicted octanol–water partition coefficient (Wildman–Crippen LogP) is 3.28. The summed E-state index contributed by atoms with van der Waals surface area (Å²) < 4.78 is 0. The Morgan fingerprint density at radius 1 is 1.17 bits per heavy atom. The summed E-state index contributed by atoms with van der Waals surface area (Å²) in [7, 11) is 0. The summed E-state index contributed by atoms with van der Waals surface area (Å²) in [5.74, 6) is 0.923. The van der Waals surface area contributed by atoms with Gasteiger partial charge in [-0.2, -0.15) is 0 Å². The summed E-state index contributed by atoms with van der Waals surface area (Å²) in [6, 6.07) is 0.754. The highest BCUT2D eigenvalue weighted by atomic mass is 15.2. The Kier molecular flexibility index (Phi) is 5.08. The monoisotopic (exact) mass is 252 g/mol. The molecule has 2 rings (SSSR count). The molecule has 2 nitrogen and oxygen atoms in total. The Bertz CT molecular complexity index is 237. The van der Waals surface area contributed by atoms with Crippen molar-refractivity contribution in [1.82, 2.24) is 10.2 Å². The molecule has 0 radical (unpaired) electrons. The van der Waals surface area contributed by atoms with Crippen molar-refractivity contribution >= 4 is 0 Å². The highest BCUT2D eigenvalue weighted by Crippen LogP contribution is 2.37. The summed E-state index contributed by atoms with van der Waals surface area (Å²) in [5.41, 5.74) is 0.670. The number of nitrogens with one attached hydrogen (secondary N) is 1. The number of likely N-dealkylation sites (tertiary alicyclic amines) is 1. The normalized spacial score (nSPS) is 33.5. The van der Waals surface area contributed by atoms with Gasteiger partial charge in [0.1, 0.15) is 0 Å². The van der Waals surface area contributed by atoms with Crippen LogP contribution in [-0.4, -0.2) is 37.1 Å². The maximum atomic E-state index is 3.70. The Morgan fingerprint density at radius 3 is 2.39 bits per heavy atom. The smallest absolute Gasteiger partial charge is 0.0197 e. The van der Waals surface area contributed by atoms with Crippen molar-refractivity contribution in [2.24, 2.45) is 11.3 Å². The standard InChI is InChI=1S/C16H32N2/c1-4-16(5-2)7-10-18(11-8-16)13-15-12-14(3)6-9-17-15/h14-15,17H,4-13H2,1-3H3. The second kappa shape index (κ2) is 6.38. The zero-order valence-corrected chi connectivity index (χ0v) is 12.7. The summed E-state index contributed by atoms with van der Waals surface area (Å²) in [6.07, 6.45) is 8.32. The minimum Gasteiger partial charge on any atom is -0.313 e. The van der Waals surface area contributed by atoms with Gasteiger partial charge in [0.15, 0.2) is 0 Å². The highest BCUT2D eigenvalue weighted by molar-refractivity contribution is 4.86. The zero-order valence-electron chi connectivity index (χ0n) is 12.7. The van der Waals surface area contributed by atoms with Crippen LogP contribution in [0.4, 0.5) is 0 Å². The van der Waals surface area contributed by atoms with E-state index in [0.717, 1.165) is 12.0 Å². The van der Waals surface area contributed by atoms with Crippen molar-refractivity contribution in [3.05, 3.63) is 0 Å². The molecule has 2 saturated heterocycles. The number of piperidine rings is 2. The molecule has 2 heteroatoms. The quantitative estimate of drug-likeness (QED) is 0.826. The van der Waals surface area contributed by atoms with E-state index in [1.807, 2.05) is 0 Å². The Morgan fingerprint density at radius 2 is 1.83 bits per heavy atom. The molecule has 1 N–H and O–H groups in total. The maximum absolute atomic E-state index is 3.70. The summed E-state index contributed by atoms with van der Waals surface area (Å²) in [6.45, 7) is 12.3. The number of rotatable bonds is 4. The molecule has 0 bridgehead atoms. The fourth-order valence-electron chi connectivity index (χ4n) is 3.84. The van der Waals surface area contributed by atoms with Gasteiger partial charge >= 0.3 is 0 Å². The molecule has 0 amide bonds. The van der Waals surface area contributed by atoms with E-state index in [2.05, 4.69) is 31.0 Å². The molecule has 2 aliphatic heterocycles. The molecule has 0 spiro atoms. The molecule has 2 unspecified atom stereocenters. The predicted molar refractivity (Wildman–Crippen MR) is 78.9 cm³/mol. The van der Waals surface area contributed by atoms with E-state index in [4.69, 9.17) is 0 Å². The first-order valence-corrected chi connectivity index (χ1v) is 8.13. The SMILES string of the molecule is CCC1(CC)CCN(CC2CC(C)CCN2)CC1. The maximum Gasteiger partial charge on any atom is 0.0197 e. The van der Waals surface area contributed by atoms with Crippen LogP contribution in [0, 0.1) is 11.3 Å². The van der Waals surface area contributed by atoms with E-state index < -0.39 is 0 Å². The molecule has 0 aromatic carbocycles. The lowest BCUT2D eigenvalue weighted by atomic mass is 9.74. The second-order valence-corrected chi connectivity index (χ2v) is 6.79. The molecule has 18 heavy (non-hydrogen) atoms. The fraction of sp³-hybridized carbons (Fsp3) is 1.00. The highest BCUT2D eigenvalue weighted by Gasteiger charge is 2.32. The van der Waals surface area contributed by atoms with Crippen molar-refractivity contribution < 1.29 is 0 Å². The molecule has 2 aliphatic rings. The molecule has 0 aliphatic carbocycles. The largest absolute Gasteiger partial charge is 0.313 e. The lowest BCUT2D eigenvalue weighted by molar-refractivity contribution is 0.0834. The third kappa shape index (κ3) is 3.48. The van der Waals surface area contributed by atoms with Gasteiger partial charge in [-0.25, -0.2) is 0 Å². The molecule has 0 aromatic heterocycles. The fourth-order valence-corrected chi connectivity index (χ4v) is 3.84. The van der Waals surface area contributed by atoms with Crippen molar-refractivity contribution in [3.8, 4) is 0 Å². The number of nitrogens with zero attached hydrogens (tertiary/aromatic N) is 1. The summed E-state index contributed by atoms with van der Waals surface area (Å²) in [4.78, 5) is 2.71. The van der Waals surface area contributed by atoms with Crippen LogP contribution in [0.1, 0.15) is 59.3 Å². The van der Waals surface area contributed by atoms with Crippen molar-refractivity contribution in [3.63, 3.8) is 0 Å². The average Bonchev–Trinajstić information content (AvgIpc) is 2.40. The Hall–Kier alpha value is -0.0800. The first-order chi connectivity index (χ1) is 8.67. The van der Waals surface area contributed by atoms with Gasteiger partial charge in [-0.1, -0.05) is 33.6 Å². The van der Waals surface area contributed by atoms with Crippen LogP contribution < -0.4 is 5.32 Å². The van der Waals surface area contributed by atoms with Gasteiger partial charge in [0.25, 0.3) is 0 Å². The van der Waals surface area contributed by atoms with E-state index in [1.54, 1.807) is 0 Å². The van der Waals surface area contributed by atoms with Gasteiger partial charge in [0.2, 0.25) is 0 Å². The van der Waals surface area contributed by atoms with Crippen LogP contribution >= 0.6 is 0 Å². The molecule has 2 fully saturated rings. The third-order valence-corrected chi connectivity index (χ3v) is 5.65. The Balaban J connectivity index is 1.76. The molecule has 106 valence electrons. The van der Waals surface area contributed by atoms with Crippen LogP contribution in [0.15, 0.2) is 0 Å². The van der Waals surface area contributed by atoms with Crippen molar-refractivity contribution in [1.29, 1.82) is 0 Å². The molecule has 2 atom stereocenters.